The van der Waals surface area contributed by atoms with Gasteiger partial charge in [-0.25, -0.2) is 9.37 Å². The normalized spacial score (nSPS) is 18.4. The predicted molar refractivity (Wildman–Crippen MR) is 109 cm³/mol. The highest BCUT2D eigenvalue weighted by Gasteiger charge is 2.38. The molecule has 2 atom stereocenters. The minimum Gasteiger partial charge on any atom is -0.351 e. The van der Waals surface area contributed by atoms with Crippen molar-refractivity contribution in [2.45, 2.75) is 25.3 Å². The summed E-state index contributed by atoms with van der Waals surface area (Å²) in [6.45, 7) is 2.14. The van der Waals surface area contributed by atoms with E-state index in [9.17, 15) is 14.0 Å². The highest BCUT2D eigenvalue weighted by Crippen LogP contribution is 2.27. The number of likely N-dealkylation sites (tertiary alicyclic amines) is 1. The van der Waals surface area contributed by atoms with Crippen LogP contribution in [0.4, 0.5) is 4.39 Å². The summed E-state index contributed by atoms with van der Waals surface area (Å²) in [5.74, 6) is 0.153. The number of nitrogens with one attached hydrogen (secondary N) is 2. The van der Waals surface area contributed by atoms with E-state index in [1.54, 1.807) is 23.1 Å². The molecule has 0 radical (unpaired) electrons. The van der Waals surface area contributed by atoms with Gasteiger partial charge in [-0.15, -0.1) is 0 Å². The van der Waals surface area contributed by atoms with E-state index in [-0.39, 0.29) is 30.2 Å². The second-order valence-corrected chi connectivity index (χ2v) is 7.39. The molecule has 1 saturated heterocycles. The van der Waals surface area contributed by atoms with Crippen LogP contribution < -0.4 is 5.32 Å². The summed E-state index contributed by atoms with van der Waals surface area (Å²) in [4.78, 5) is 30.7. The van der Waals surface area contributed by atoms with E-state index in [0.717, 1.165) is 5.56 Å². The quantitative estimate of drug-likeness (QED) is 0.679. The third kappa shape index (κ3) is 4.22. The van der Waals surface area contributed by atoms with Crippen molar-refractivity contribution in [2.24, 2.45) is 0 Å². The van der Waals surface area contributed by atoms with Gasteiger partial charge in [0.2, 0.25) is 11.8 Å². The zero-order valence-electron chi connectivity index (χ0n) is 16.5. The first-order valence-electron chi connectivity index (χ1n) is 9.77. The first-order valence-corrected chi connectivity index (χ1v) is 9.77. The summed E-state index contributed by atoms with van der Waals surface area (Å²) < 4.78 is 13.9. The Bertz CT molecular complexity index is 1050. The van der Waals surface area contributed by atoms with Gasteiger partial charge in [0.05, 0.1) is 18.4 Å². The van der Waals surface area contributed by atoms with E-state index in [2.05, 4.69) is 20.5 Å². The number of H-pyrrole nitrogens is 1. The van der Waals surface area contributed by atoms with Gasteiger partial charge in [0.1, 0.15) is 11.6 Å². The number of amides is 2. The first-order chi connectivity index (χ1) is 14.5. The van der Waals surface area contributed by atoms with Crippen LogP contribution in [0, 0.1) is 5.82 Å². The largest absolute Gasteiger partial charge is 0.351 e. The fourth-order valence-electron chi connectivity index (χ4n) is 3.76. The molecule has 2 heterocycles. The van der Waals surface area contributed by atoms with Crippen LogP contribution in [0.3, 0.4) is 0 Å². The summed E-state index contributed by atoms with van der Waals surface area (Å²) in [5, 5.41) is 10.2. The zero-order chi connectivity index (χ0) is 21.1. The minimum absolute atomic E-state index is 0.0299. The lowest BCUT2D eigenvalue weighted by atomic mass is 10.0. The number of carbonyl (C=O) groups is 2. The summed E-state index contributed by atoms with van der Waals surface area (Å²) in [6, 6.07) is 15.5. The molecule has 8 heteroatoms. The van der Waals surface area contributed by atoms with Crippen molar-refractivity contribution in [3.8, 4) is 11.4 Å². The molecule has 0 bridgehead atoms. The topological polar surface area (TPSA) is 91.0 Å². The highest BCUT2D eigenvalue weighted by atomic mass is 19.1. The van der Waals surface area contributed by atoms with Crippen LogP contribution in [-0.2, 0) is 16.0 Å². The second-order valence-electron chi connectivity index (χ2n) is 7.39. The van der Waals surface area contributed by atoms with Crippen molar-refractivity contribution in [1.29, 1.82) is 0 Å². The predicted octanol–water partition coefficient (Wildman–Crippen LogP) is 2.28. The Morgan fingerprint density at radius 1 is 1.13 bits per heavy atom. The summed E-state index contributed by atoms with van der Waals surface area (Å²) in [6.07, 6.45) is -0.0299. The lowest BCUT2D eigenvalue weighted by Crippen LogP contribution is -2.39. The Morgan fingerprint density at radius 2 is 1.87 bits per heavy atom. The van der Waals surface area contributed by atoms with Crippen molar-refractivity contribution in [3.63, 3.8) is 0 Å². The van der Waals surface area contributed by atoms with E-state index in [0.29, 0.717) is 30.3 Å². The third-order valence-electron chi connectivity index (χ3n) is 5.25. The maximum Gasteiger partial charge on any atom is 0.227 e. The SMILES string of the molecule is CC(=O)N[C@@H]1CN(C(=O)Cc2ccccc2F)C[C@H]1c1nc(-c2ccccc2)n[nH]1. The molecule has 3 aromatic rings. The standard InChI is InChI=1S/C22H22FN5O2/c1-14(29)24-19-13-28(20(30)11-16-9-5-6-10-18(16)23)12-17(19)22-25-21(26-27-22)15-7-3-2-4-8-15/h2-10,17,19H,11-13H2,1H3,(H,24,29)(H,25,26,27)/t17-,19-/m1/s1. The molecule has 7 nitrogen and oxygen atoms in total. The number of hydrogen-bond donors (Lipinski definition) is 2. The van der Waals surface area contributed by atoms with E-state index in [1.165, 1.54) is 13.0 Å². The van der Waals surface area contributed by atoms with Crippen molar-refractivity contribution in [3.05, 3.63) is 71.8 Å². The summed E-state index contributed by atoms with van der Waals surface area (Å²) in [5.41, 5.74) is 1.23. The summed E-state index contributed by atoms with van der Waals surface area (Å²) in [7, 11) is 0. The molecule has 1 fully saturated rings. The molecule has 154 valence electrons. The Kier molecular flexibility index (Phi) is 5.56. The van der Waals surface area contributed by atoms with E-state index >= 15 is 0 Å². The zero-order valence-corrected chi connectivity index (χ0v) is 16.5. The Balaban J connectivity index is 1.53. The number of hydrogen-bond acceptors (Lipinski definition) is 4. The third-order valence-corrected chi connectivity index (χ3v) is 5.25. The maximum absolute atomic E-state index is 13.9. The number of aromatic amines is 1. The monoisotopic (exact) mass is 407 g/mol. The Hall–Kier alpha value is -3.55. The molecular weight excluding hydrogens is 385 g/mol. The van der Waals surface area contributed by atoms with Crippen molar-refractivity contribution in [2.75, 3.05) is 13.1 Å². The highest BCUT2D eigenvalue weighted by molar-refractivity contribution is 5.80. The summed E-state index contributed by atoms with van der Waals surface area (Å²) >= 11 is 0. The van der Waals surface area contributed by atoms with Crippen LogP contribution in [-0.4, -0.2) is 51.0 Å². The maximum atomic E-state index is 13.9. The lowest BCUT2D eigenvalue weighted by Gasteiger charge is -2.17. The van der Waals surface area contributed by atoms with Gasteiger partial charge in [-0.1, -0.05) is 48.5 Å². The number of nitrogens with zero attached hydrogens (tertiary/aromatic N) is 3. The van der Waals surface area contributed by atoms with Gasteiger partial charge >= 0.3 is 0 Å². The minimum atomic E-state index is -0.400. The molecule has 0 unspecified atom stereocenters. The van der Waals surface area contributed by atoms with Crippen LogP contribution in [0.5, 0.6) is 0 Å². The van der Waals surface area contributed by atoms with Crippen LogP contribution in [0.2, 0.25) is 0 Å². The molecule has 1 aliphatic rings. The van der Waals surface area contributed by atoms with Crippen molar-refractivity contribution >= 4 is 11.8 Å². The van der Waals surface area contributed by atoms with Gasteiger partial charge in [0.25, 0.3) is 0 Å². The van der Waals surface area contributed by atoms with Crippen LogP contribution in [0.15, 0.2) is 54.6 Å². The van der Waals surface area contributed by atoms with Gasteiger partial charge in [-0.05, 0) is 11.6 Å². The smallest absolute Gasteiger partial charge is 0.227 e. The van der Waals surface area contributed by atoms with Gasteiger partial charge in [-0.3, -0.25) is 14.7 Å². The van der Waals surface area contributed by atoms with E-state index < -0.39 is 5.82 Å². The van der Waals surface area contributed by atoms with Crippen LogP contribution in [0.1, 0.15) is 24.2 Å². The van der Waals surface area contributed by atoms with Gasteiger partial charge in [0, 0.05) is 25.6 Å². The van der Waals surface area contributed by atoms with Gasteiger partial charge in [0.15, 0.2) is 5.82 Å². The van der Waals surface area contributed by atoms with Gasteiger partial charge in [-0.2, -0.15) is 5.10 Å². The van der Waals surface area contributed by atoms with Crippen molar-refractivity contribution < 1.29 is 14.0 Å². The lowest BCUT2D eigenvalue weighted by molar-refractivity contribution is -0.129. The molecule has 0 spiro atoms. The second kappa shape index (κ2) is 8.44. The average Bonchev–Trinajstić information content (AvgIpc) is 3.37. The molecule has 0 saturated carbocycles. The van der Waals surface area contributed by atoms with Crippen LogP contribution >= 0.6 is 0 Å². The number of rotatable bonds is 5. The Labute approximate surface area is 173 Å². The fourth-order valence-corrected chi connectivity index (χ4v) is 3.76. The molecule has 2 N–H and O–H groups in total. The number of carbonyl (C=O) groups excluding carboxylic acids is 2. The molecule has 2 aromatic carbocycles. The Morgan fingerprint density at radius 3 is 2.60 bits per heavy atom. The molecule has 0 aliphatic carbocycles. The number of benzene rings is 2. The molecule has 30 heavy (non-hydrogen) atoms. The van der Waals surface area contributed by atoms with E-state index in [1.807, 2.05) is 30.3 Å². The first kappa shape index (κ1) is 19.8. The molecule has 1 aromatic heterocycles. The fraction of sp³-hybridized carbons (Fsp3) is 0.273. The number of halogens is 1. The molecule has 1 aliphatic heterocycles. The van der Waals surface area contributed by atoms with Crippen LogP contribution in [0.25, 0.3) is 11.4 Å². The van der Waals surface area contributed by atoms with Gasteiger partial charge < -0.3 is 10.2 Å². The number of aromatic nitrogens is 3. The molecule has 4 rings (SSSR count). The van der Waals surface area contributed by atoms with Crippen molar-refractivity contribution in [1.82, 2.24) is 25.4 Å². The molecular formula is C22H22FN5O2. The average molecular weight is 407 g/mol. The molecule has 2 amide bonds. The van der Waals surface area contributed by atoms with E-state index in [4.69, 9.17) is 0 Å².